The third kappa shape index (κ3) is 4.45. The molecule has 0 spiro atoms. The Balaban J connectivity index is 1.51. The summed E-state index contributed by atoms with van der Waals surface area (Å²) in [5.41, 5.74) is 0.0778. The van der Waals surface area contributed by atoms with E-state index in [-0.39, 0.29) is 17.5 Å². The fourth-order valence-electron chi connectivity index (χ4n) is 3.20. The Morgan fingerprint density at radius 1 is 0.960 bits per heavy atom. The first-order valence-corrected chi connectivity index (χ1v) is 8.41. The largest absolute Gasteiger partial charge is 0.378 e. The fraction of sp³-hybridized carbons (Fsp3) is 0.529. The SMILES string of the molecule is O=C(Nc1cc(F)cc(F)c1)N1CCC(C(=O)N2CCOCC2)CC1. The molecule has 2 fully saturated rings. The highest BCUT2D eigenvalue weighted by Crippen LogP contribution is 2.21. The van der Waals surface area contributed by atoms with Crippen LogP contribution in [-0.2, 0) is 9.53 Å². The van der Waals surface area contributed by atoms with Crippen LogP contribution in [0.25, 0.3) is 0 Å². The van der Waals surface area contributed by atoms with Crippen molar-refractivity contribution in [2.24, 2.45) is 5.92 Å². The van der Waals surface area contributed by atoms with Crippen LogP contribution in [0.1, 0.15) is 12.8 Å². The second-order valence-corrected chi connectivity index (χ2v) is 6.29. The molecule has 0 saturated carbocycles. The number of nitrogens with zero attached hydrogens (tertiary/aromatic N) is 2. The van der Waals surface area contributed by atoms with Crippen LogP contribution in [0.15, 0.2) is 18.2 Å². The standard InChI is InChI=1S/C17H21F2N3O3/c18-13-9-14(19)11-15(10-13)20-17(24)22-3-1-12(2-4-22)16(23)21-5-7-25-8-6-21/h9-12H,1-8H2,(H,20,24). The van der Waals surface area contributed by atoms with E-state index in [1.165, 1.54) is 0 Å². The molecule has 25 heavy (non-hydrogen) atoms. The van der Waals surface area contributed by atoms with Crippen LogP contribution in [0.5, 0.6) is 0 Å². The zero-order valence-electron chi connectivity index (χ0n) is 13.8. The molecule has 2 aliphatic rings. The van der Waals surface area contributed by atoms with Crippen molar-refractivity contribution in [3.8, 4) is 0 Å². The number of morpholine rings is 1. The van der Waals surface area contributed by atoms with Gasteiger partial charge in [0.05, 0.1) is 13.2 Å². The van der Waals surface area contributed by atoms with E-state index in [1.54, 1.807) is 4.90 Å². The molecule has 1 aromatic rings. The molecule has 0 aromatic heterocycles. The van der Waals surface area contributed by atoms with E-state index in [0.717, 1.165) is 18.2 Å². The molecule has 1 aromatic carbocycles. The number of likely N-dealkylation sites (tertiary alicyclic amines) is 1. The highest BCUT2D eigenvalue weighted by atomic mass is 19.1. The number of ether oxygens (including phenoxy) is 1. The predicted molar refractivity (Wildman–Crippen MR) is 87.1 cm³/mol. The van der Waals surface area contributed by atoms with Gasteiger partial charge in [-0.3, -0.25) is 4.79 Å². The van der Waals surface area contributed by atoms with Gasteiger partial charge in [-0.2, -0.15) is 0 Å². The van der Waals surface area contributed by atoms with E-state index in [4.69, 9.17) is 4.74 Å². The third-order valence-electron chi connectivity index (χ3n) is 4.57. The number of nitrogens with one attached hydrogen (secondary N) is 1. The van der Waals surface area contributed by atoms with Gasteiger partial charge in [0.2, 0.25) is 5.91 Å². The lowest BCUT2D eigenvalue weighted by Gasteiger charge is -2.35. The summed E-state index contributed by atoms with van der Waals surface area (Å²) in [6.45, 7) is 3.23. The second-order valence-electron chi connectivity index (χ2n) is 6.29. The molecule has 0 atom stereocenters. The number of piperidine rings is 1. The van der Waals surface area contributed by atoms with Gasteiger partial charge in [-0.15, -0.1) is 0 Å². The molecule has 0 radical (unpaired) electrons. The summed E-state index contributed by atoms with van der Waals surface area (Å²) in [5, 5.41) is 2.50. The molecule has 3 rings (SSSR count). The first kappa shape index (κ1) is 17.6. The lowest BCUT2D eigenvalue weighted by molar-refractivity contribution is -0.140. The second kappa shape index (κ2) is 7.77. The van der Waals surface area contributed by atoms with Crippen LogP contribution in [0.3, 0.4) is 0 Å². The maximum Gasteiger partial charge on any atom is 0.321 e. The van der Waals surface area contributed by atoms with Crippen LogP contribution < -0.4 is 5.32 Å². The average molecular weight is 353 g/mol. The van der Waals surface area contributed by atoms with Gasteiger partial charge in [0.25, 0.3) is 0 Å². The molecule has 136 valence electrons. The van der Waals surface area contributed by atoms with Crippen LogP contribution in [0.4, 0.5) is 19.3 Å². The normalized spacial score (nSPS) is 19.0. The fourth-order valence-corrected chi connectivity index (χ4v) is 3.20. The van der Waals surface area contributed by atoms with E-state index in [1.807, 2.05) is 4.90 Å². The van der Waals surface area contributed by atoms with Crippen LogP contribution in [0, 0.1) is 17.6 Å². The smallest absolute Gasteiger partial charge is 0.321 e. The number of urea groups is 1. The minimum atomic E-state index is -0.745. The first-order valence-electron chi connectivity index (χ1n) is 8.41. The topological polar surface area (TPSA) is 61.9 Å². The van der Waals surface area contributed by atoms with Gasteiger partial charge < -0.3 is 19.9 Å². The van der Waals surface area contributed by atoms with E-state index < -0.39 is 17.7 Å². The number of hydrogen-bond acceptors (Lipinski definition) is 3. The zero-order chi connectivity index (χ0) is 17.8. The zero-order valence-corrected chi connectivity index (χ0v) is 13.8. The molecule has 2 heterocycles. The van der Waals surface area contributed by atoms with E-state index in [0.29, 0.717) is 52.2 Å². The molecule has 0 bridgehead atoms. The molecular weight excluding hydrogens is 332 g/mol. The van der Waals surface area contributed by atoms with Crippen molar-refractivity contribution in [2.75, 3.05) is 44.7 Å². The number of carbonyl (C=O) groups is 2. The monoisotopic (exact) mass is 353 g/mol. The highest BCUT2D eigenvalue weighted by molar-refractivity contribution is 5.89. The minimum Gasteiger partial charge on any atom is -0.378 e. The molecule has 6 nitrogen and oxygen atoms in total. The summed E-state index contributed by atoms with van der Waals surface area (Å²) >= 11 is 0. The molecule has 8 heteroatoms. The Kier molecular flexibility index (Phi) is 5.47. The lowest BCUT2D eigenvalue weighted by Crippen LogP contribution is -2.48. The molecule has 2 aliphatic heterocycles. The number of anilines is 1. The number of rotatable bonds is 2. The van der Waals surface area contributed by atoms with Gasteiger partial charge in [0, 0.05) is 43.9 Å². The molecular formula is C17H21F2N3O3. The summed E-state index contributed by atoms with van der Waals surface area (Å²) in [5.74, 6) is -1.46. The maximum atomic E-state index is 13.2. The first-order chi connectivity index (χ1) is 12.0. The van der Waals surface area contributed by atoms with E-state index in [9.17, 15) is 18.4 Å². The van der Waals surface area contributed by atoms with Crippen LogP contribution >= 0.6 is 0 Å². The van der Waals surface area contributed by atoms with Crippen molar-refractivity contribution in [2.45, 2.75) is 12.8 Å². The van der Waals surface area contributed by atoms with Gasteiger partial charge in [0.1, 0.15) is 11.6 Å². The van der Waals surface area contributed by atoms with Crippen molar-refractivity contribution in [1.29, 1.82) is 0 Å². The van der Waals surface area contributed by atoms with Crippen LogP contribution in [0.2, 0.25) is 0 Å². The maximum absolute atomic E-state index is 13.2. The van der Waals surface area contributed by atoms with Gasteiger partial charge in [0.15, 0.2) is 0 Å². The van der Waals surface area contributed by atoms with Crippen molar-refractivity contribution < 1.29 is 23.1 Å². The van der Waals surface area contributed by atoms with Crippen molar-refractivity contribution in [3.05, 3.63) is 29.8 Å². The Labute approximate surface area is 144 Å². The van der Waals surface area contributed by atoms with Crippen molar-refractivity contribution >= 4 is 17.6 Å². The van der Waals surface area contributed by atoms with Crippen LogP contribution in [-0.4, -0.2) is 61.1 Å². The van der Waals surface area contributed by atoms with Gasteiger partial charge in [-0.05, 0) is 25.0 Å². The molecule has 1 N–H and O–H groups in total. The lowest BCUT2D eigenvalue weighted by atomic mass is 9.95. The van der Waals surface area contributed by atoms with Crippen molar-refractivity contribution in [3.63, 3.8) is 0 Å². The summed E-state index contributed by atoms with van der Waals surface area (Å²) in [6, 6.07) is 2.46. The number of halogens is 2. The molecule has 0 unspecified atom stereocenters. The summed E-state index contributed by atoms with van der Waals surface area (Å²) < 4.78 is 31.6. The molecule has 0 aliphatic carbocycles. The molecule has 2 saturated heterocycles. The van der Waals surface area contributed by atoms with E-state index >= 15 is 0 Å². The van der Waals surface area contributed by atoms with Gasteiger partial charge in [-0.25, -0.2) is 13.6 Å². The van der Waals surface area contributed by atoms with E-state index in [2.05, 4.69) is 5.32 Å². The quantitative estimate of drug-likeness (QED) is 0.885. The Hall–Kier alpha value is -2.22. The summed E-state index contributed by atoms with van der Waals surface area (Å²) in [7, 11) is 0. The number of benzene rings is 1. The average Bonchev–Trinajstić information content (AvgIpc) is 2.61. The predicted octanol–water partition coefficient (Wildman–Crippen LogP) is 2.07. The Bertz CT molecular complexity index is 622. The molecule has 3 amide bonds. The highest BCUT2D eigenvalue weighted by Gasteiger charge is 2.30. The third-order valence-corrected chi connectivity index (χ3v) is 4.57. The van der Waals surface area contributed by atoms with Crippen molar-refractivity contribution in [1.82, 2.24) is 9.80 Å². The minimum absolute atomic E-state index is 0.0778. The number of hydrogen-bond donors (Lipinski definition) is 1. The number of amides is 3. The summed E-state index contributed by atoms with van der Waals surface area (Å²) in [6.07, 6.45) is 1.17. The Morgan fingerprint density at radius 2 is 1.56 bits per heavy atom. The van der Waals surface area contributed by atoms with Gasteiger partial charge in [-0.1, -0.05) is 0 Å². The number of carbonyl (C=O) groups excluding carboxylic acids is 2. The van der Waals surface area contributed by atoms with Gasteiger partial charge >= 0.3 is 6.03 Å². The Morgan fingerprint density at radius 3 is 2.16 bits per heavy atom. The summed E-state index contributed by atoms with van der Waals surface area (Å²) in [4.78, 5) is 28.1.